The molecule has 33 heavy (non-hydrogen) atoms. The molecule has 0 spiro atoms. The number of anilines is 1. The molecule has 1 heterocycles. The van der Waals surface area contributed by atoms with Gasteiger partial charge in [-0.15, -0.1) is 0 Å². The zero-order valence-corrected chi connectivity index (χ0v) is 19.1. The average molecular weight is 461 g/mol. The Bertz CT molecular complexity index is 1300. The van der Waals surface area contributed by atoms with Gasteiger partial charge in [0.15, 0.2) is 0 Å². The van der Waals surface area contributed by atoms with E-state index in [2.05, 4.69) is 27.4 Å². The van der Waals surface area contributed by atoms with E-state index in [0.29, 0.717) is 34.8 Å². The number of carbonyl (C=O) groups is 1. The molecule has 0 aliphatic rings. The predicted octanol–water partition coefficient (Wildman–Crippen LogP) is 5.09. The summed E-state index contributed by atoms with van der Waals surface area (Å²) in [6.07, 6.45) is 0.864. The lowest BCUT2D eigenvalue weighted by Gasteiger charge is -2.20. The second-order valence-corrected chi connectivity index (χ2v) is 8.31. The fourth-order valence-electron chi connectivity index (χ4n) is 3.76. The van der Waals surface area contributed by atoms with E-state index in [1.807, 2.05) is 54.3 Å². The number of hydrogen-bond acceptors (Lipinski definition) is 4. The van der Waals surface area contributed by atoms with Gasteiger partial charge in [0.05, 0.1) is 24.0 Å². The molecule has 0 saturated carbocycles. The SMILES string of the molecule is CCCN(CC(=O)Nc1ccc(-c2ccccc2)cc1)Cc1nc2cc(Cl)ccc2c(=O)[nH]1. The number of benzene rings is 3. The number of nitrogens with zero attached hydrogens (tertiary/aromatic N) is 2. The number of aromatic amines is 1. The maximum atomic E-state index is 12.7. The molecule has 4 rings (SSSR count). The number of nitrogens with one attached hydrogen (secondary N) is 2. The standard InChI is InChI=1S/C26H25ClN4O2/c1-2-14-31(16-24-29-23-15-20(27)10-13-22(23)26(33)30-24)17-25(32)28-21-11-8-19(9-12-21)18-6-4-3-5-7-18/h3-13,15H,2,14,16-17H2,1H3,(H,28,32)(H,29,30,33). The lowest BCUT2D eigenvalue weighted by molar-refractivity contribution is -0.117. The van der Waals surface area contributed by atoms with Gasteiger partial charge in [-0.05, 0) is 54.4 Å². The highest BCUT2D eigenvalue weighted by atomic mass is 35.5. The van der Waals surface area contributed by atoms with E-state index in [-0.39, 0.29) is 18.0 Å². The highest BCUT2D eigenvalue weighted by Gasteiger charge is 2.14. The molecule has 7 heteroatoms. The van der Waals surface area contributed by atoms with Crippen LogP contribution in [0.15, 0.2) is 77.6 Å². The van der Waals surface area contributed by atoms with Gasteiger partial charge in [-0.3, -0.25) is 14.5 Å². The monoisotopic (exact) mass is 460 g/mol. The van der Waals surface area contributed by atoms with Crippen molar-refractivity contribution >= 4 is 34.1 Å². The normalized spacial score (nSPS) is 11.1. The van der Waals surface area contributed by atoms with Crippen molar-refractivity contribution in [3.63, 3.8) is 0 Å². The Labute approximate surface area is 197 Å². The Kier molecular flexibility index (Phi) is 7.17. The van der Waals surface area contributed by atoms with Gasteiger partial charge in [-0.1, -0.05) is 61.0 Å². The van der Waals surface area contributed by atoms with Crippen LogP contribution in [0, 0.1) is 0 Å². The fraction of sp³-hybridized carbons (Fsp3) is 0.192. The Hall–Kier alpha value is -3.48. The summed E-state index contributed by atoms with van der Waals surface area (Å²) in [5.41, 5.74) is 3.28. The van der Waals surface area contributed by atoms with E-state index in [4.69, 9.17) is 11.6 Å². The van der Waals surface area contributed by atoms with Crippen molar-refractivity contribution in [2.24, 2.45) is 0 Å². The smallest absolute Gasteiger partial charge is 0.258 e. The van der Waals surface area contributed by atoms with Crippen molar-refractivity contribution in [1.29, 1.82) is 0 Å². The van der Waals surface area contributed by atoms with Crippen molar-refractivity contribution in [1.82, 2.24) is 14.9 Å². The van der Waals surface area contributed by atoms with Crippen molar-refractivity contribution in [2.45, 2.75) is 19.9 Å². The minimum absolute atomic E-state index is 0.123. The molecule has 6 nitrogen and oxygen atoms in total. The highest BCUT2D eigenvalue weighted by Crippen LogP contribution is 2.21. The van der Waals surface area contributed by atoms with Crippen LogP contribution in [0.4, 0.5) is 5.69 Å². The number of rotatable bonds is 8. The summed E-state index contributed by atoms with van der Waals surface area (Å²) in [6.45, 7) is 3.28. The summed E-state index contributed by atoms with van der Waals surface area (Å²) >= 11 is 6.05. The van der Waals surface area contributed by atoms with Crippen LogP contribution in [0.1, 0.15) is 19.2 Å². The van der Waals surface area contributed by atoms with Gasteiger partial charge >= 0.3 is 0 Å². The van der Waals surface area contributed by atoms with Crippen molar-refractivity contribution in [2.75, 3.05) is 18.4 Å². The third-order valence-corrected chi connectivity index (χ3v) is 5.51. The second kappa shape index (κ2) is 10.4. The van der Waals surface area contributed by atoms with Crippen molar-refractivity contribution < 1.29 is 4.79 Å². The zero-order chi connectivity index (χ0) is 23.2. The van der Waals surface area contributed by atoms with Crippen LogP contribution in [-0.4, -0.2) is 33.9 Å². The molecule has 168 valence electrons. The molecular weight excluding hydrogens is 436 g/mol. The Morgan fingerprint density at radius 2 is 1.76 bits per heavy atom. The summed E-state index contributed by atoms with van der Waals surface area (Å²) in [7, 11) is 0. The predicted molar refractivity (Wildman–Crippen MR) is 133 cm³/mol. The molecule has 0 aliphatic carbocycles. The van der Waals surface area contributed by atoms with Gasteiger partial charge in [0, 0.05) is 10.7 Å². The number of H-pyrrole nitrogens is 1. The largest absolute Gasteiger partial charge is 0.325 e. The molecule has 1 aromatic heterocycles. The number of aromatic nitrogens is 2. The highest BCUT2D eigenvalue weighted by molar-refractivity contribution is 6.31. The molecule has 0 saturated heterocycles. The Balaban J connectivity index is 1.43. The first-order valence-electron chi connectivity index (χ1n) is 10.9. The first kappa shape index (κ1) is 22.7. The van der Waals surface area contributed by atoms with Crippen molar-refractivity contribution in [3.8, 4) is 11.1 Å². The number of halogens is 1. The van der Waals surface area contributed by atoms with Gasteiger partial charge < -0.3 is 10.3 Å². The van der Waals surface area contributed by atoms with Crippen LogP contribution >= 0.6 is 11.6 Å². The molecule has 2 N–H and O–H groups in total. The first-order chi connectivity index (χ1) is 16.0. The Morgan fingerprint density at radius 3 is 2.48 bits per heavy atom. The lowest BCUT2D eigenvalue weighted by Crippen LogP contribution is -2.34. The van der Waals surface area contributed by atoms with E-state index >= 15 is 0 Å². The van der Waals surface area contributed by atoms with Crippen LogP contribution in [-0.2, 0) is 11.3 Å². The van der Waals surface area contributed by atoms with Crippen LogP contribution in [0.3, 0.4) is 0 Å². The van der Waals surface area contributed by atoms with Gasteiger partial charge in [0.25, 0.3) is 5.56 Å². The van der Waals surface area contributed by atoms with Crippen LogP contribution in [0.25, 0.3) is 22.0 Å². The van der Waals surface area contributed by atoms with Gasteiger partial charge in [-0.25, -0.2) is 4.98 Å². The fourth-order valence-corrected chi connectivity index (χ4v) is 3.92. The van der Waals surface area contributed by atoms with Crippen molar-refractivity contribution in [3.05, 3.63) is 94.0 Å². The third kappa shape index (κ3) is 5.86. The van der Waals surface area contributed by atoms with E-state index < -0.39 is 0 Å². The third-order valence-electron chi connectivity index (χ3n) is 5.27. The molecule has 0 atom stereocenters. The molecule has 0 radical (unpaired) electrons. The van der Waals surface area contributed by atoms with Crippen LogP contribution < -0.4 is 10.9 Å². The molecular formula is C26H25ClN4O2. The summed E-state index contributed by atoms with van der Waals surface area (Å²) in [5.74, 6) is 0.380. The van der Waals surface area contributed by atoms with E-state index in [1.54, 1.807) is 18.2 Å². The first-order valence-corrected chi connectivity index (χ1v) is 11.3. The maximum absolute atomic E-state index is 12.7. The van der Waals surface area contributed by atoms with Gasteiger partial charge in [0.1, 0.15) is 5.82 Å². The summed E-state index contributed by atoms with van der Waals surface area (Å²) < 4.78 is 0. The molecule has 1 amide bonds. The molecule has 0 bridgehead atoms. The Morgan fingerprint density at radius 1 is 1.03 bits per heavy atom. The number of hydrogen-bond donors (Lipinski definition) is 2. The summed E-state index contributed by atoms with van der Waals surface area (Å²) in [5, 5.41) is 3.96. The molecule has 4 aromatic rings. The van der Waals surface area contributed by atoms with E-state index in [0.717, 1.165) is 23.2 Å². The van der Waals surface area contributed by atoms with E-state index in [9.17, 15) is 9.59 Å². The molecule has 0 fully saturated rings. The van der Waals surface area contributed by atoms with E-state index in [1.165, 1.54) is 0 Å². The number of amides is 1. The van der Waals surface area contributed by atoms with Crippen LogP contribution in [0.5, 0.6) is 0 Å². The minimum Gasteiger partial charge on any atom is -0.325 e. The topological polar surface area (TPSA) is 78.1 Å². The quantitative estimate of drug-likeness (QED) is 0.383. The minimum atomic E-state index is -0.217. The number of fused-ring (bicyclic) bond motifs is 1. The molecule has 0 unspecified atom stereocenters. The summed E-state index contributed by atoms with van der Waals surface area (Å²) in [6, 6.07) is 22.9. The average Bonchev–Trinajstić information content (AvgIpc) is 2.80. The number of carbonyl (C=O) groups excluding carboxylic acids is 1. The summed E-state index contributed by atoms with van der Waals surface area (Å²) in [4.78, 5) is 34.4. The second-order valence-electron chi connectivity index (χ2n) is 7.88. The molecule has 3 aromatic carbocycles. The van der Waals surface area contributed by atoms with Gasteiger partial charge in [0.2, 0.25) is 5.91 Å². The van der Waals surface area contributed by atoms with Crippen LogP contribution in [0.2, 0.25) is 5.02 Å². The van der Waals surface area contributed by atoms with Gasteiger partial charge in [-0.2, -0.15) is 0 Å². The lowest BCUT2D eigenvalue weighted by atomic mass is 10.1. The molecule has 0 aliphatic heterocycles. The maximum Gasteiger partial charge on any atom is 0.258 e. The zero-order valence-electron chi connectivity index (χ0n) is 18.3.